The number of rotatable bonds is 3. The zero-order chi connectivity index (χ0) is 13.8. The van der Waals surface area contributed by atoms with Crippen molar-refractivity contribution in [3.63, 3.8) is 0 Å². The van der Waals surface area contributed by atoms with Crippen LogP contribution in [0.2, 0.25) is 0 Å². The normalized spacial score (nSPS) is 36.6. The molecular weight excluding hydrogens is 244 g/mol. The molecule has 4 unspecified atom stereocenters. The third-order valence-corrected chi connectivity index (χ3v) is 6.21. The zero-order valence-electron chi connectivity index (χ0n) is 12.9. The van der Waals surface area contributed by atoms with Gasteiger partial charge in [0.1, 0.15) is 0 Å². The Balaban J connectivity index is 1.65. The molecule has 3 rings (SSSR count). The molecule has 0 aromatic carbocycles. The van der Waals surface area contributed by atoms with Gasteiger partial charge in [-0.25, -0.2) is 0 Å². The molecule has 0 spiro atoms. The van der Waals surface area contributed by atoms with E-state index in [0.717, 1.165) is 17.8 Å². The fourth-order valence-corrected chi connectivity index (χ4v) is 5.08. The second-order valence-corrected chi connectivity index (χ2v) is 7.40. The lowest BCUT2D eigenvalue weighted by atomic mass is 9.65. The molecule has 0 aromatic heterocycles. The van der Waals surface area contributed by atoms with Gasteiger partial charge in [0.15, 0.2) is 0 Å². The maximum Gasteiger partial charge on any atom is 0.0448 e. The van der Waals surface area contributed by atoms with E-state index in [1.165, 1.54) is 77.0 Å². The Labute approximate surface area is 124 Å². The topological polar surface area (TPSA) is 38.0 Å². The third-order valence-electron chi connectivity index (χ3n) is 6.21. The van der Waals surface area contributed by atoms with E-state index in [4.69, 9.17) is 5.84 Å². The number of nitrogens with two attached hydrogens (primary N) is 1. The van der Waals surface area contributed by atoms with E-state index in [1.807, 2.05) is 0 Å². The Bertz CT molecular complexity index is 336. The molecule has 2 fully saturated rings. The summed E-state index contributed by atoms with van der Waals surface area (Å²) in [5.74, 6) is 8.81. The molecule has 3 aliphatic carbocycles. The molecule has 4 atom stereocenters. The number of hydrogen-bond acceptors (Lipinski definition) is 2. The lowest BCUT2D eigenvalue weighted by Gasteiger charge is -2.42. The predicted octanol–water partition coefficient (Wildman–Crippen LogP) is 4.32. The van der Waals surface area contributed by atoms with Crippen LogP contribution in [0.4, 0.5) is 0 Å². The van der Waals surface area contributed by atoms with Crippen LogP contribution in [0, 0.1) is 17.8 Å². The first kappa shape index (κ1) is 14.6. The van der Waals surface area contributed by atoms with Gasteiger partial charge in [-0.3, -0.25) is 11.3 Å². The minimum atomic E-state index is 0.468. The van der Waals surface area contributed by atoms with Crippen LogP contribution in [-0.4, -0.2) is 6.04 Å². The minimum Gasteiger partial charge on any atom is -0.271 e. The molecule has 114 valence electrons. The van der Waals surface area contributed by atoms with Gasteiger partial charge in [0.2, 0.25) is 0 Å². The van der Waals surface area contributed by atoms with Gasteiger partial charge >= 0.3 is 0 Å². The summed E-state index contributed by atoms with van der Waals surface area (Å²) in [6, 6.07) is 0.468. The van der Waals surface area contributed by atoms with Crippen molar-refractivity contribution < 1.29 is 0 Å². The lowest BCUT2D eigenvalue weighted by molar-refractivity contribution is 0.115. The van der Waals surface area contributed by atoms with Crippen molar-refractivity contribution >= 4 is 0 Å². The largest absolute Gasteiger partial charge is 0.271 e. The lowest BCUT2D eigenvalue weighted by Crippen LogP contribution is -2.45. The van der Waals surface area contributed by atoms with Crippen LogP contribution in [0.1, 0.15) is 77.0 Å². The highest BCUT2D eigenvalue weighted by atomic mass is 15.2. The van der Waals surface area contributed by atoms with Crippen molar-refractivity contribution in [1.82, 2.24) is 5.43 Å². The quantitative estimate of drug-likeness (QED) is 0.458. The molecule has 0 amide bonds. The van der Waals surface area contributed by atoms with E-state index in [2.05, 4.69) is 11.5 Å². The van der Waals surface area contributed by atoms with Gasteiger partial charge in [-0.2, -0.15) is 0 Å². The SMILES string of the molecule is NNC(C1=CCCCCC1)C1CCC2CCCCC2C1. The first-order valence-electron chi connectivity index (χ1n) is 9.03. The molecule has 0 bridgehead atoms. The Hall–Kier alpha value is -0.340. The Morgan fingerprint density at radius 3 is 2.65 bits per heavy atom. The summed E-state index contributed by atoms with van der Waals surface area (Å²) in [5.41, 5.74) is 4.83. The smallest absolute Gasteiger partial charge is 0.0448 e. The average Bonchev–Trinajstić information content (AvgIpc) is 2.77. The maximum absolute atomic E-state index is 5.96. The molecular formula is C18H32N2. The van der Waals surface area contributed by atoms with E-state index in [1.54, 1.807) is 5.57 Å². The molecule has 0 saturated heterocycles. The van der Waals surface area contributed by atoms with E-state index >= 15 is 0 Å². The van der Waals surface area contributed by atoms with Crippen molar-refractivity contribution in [1.29, 1.82) is 0 Å². The monoisotopic (exact) mass is 276 g/mol. The number of allylic oxidation sites excluding steroid dienone is 1. The summed E-state index contributed by atoms with van der Waals surface area (Å²) >= 11 is 0. The minimum absolute atomic E-state index is 0.468. The summed E-state index contributed by atoms with van der Waals surface area (Å²) < 4.78 is 0. The molecule has 0 aromatic rings. The molecule has 2 saturated carbocycles. The fraction of sp³-hybridized carbons (Fsp3) is 0.889. The van der Waals surface area contributed by atoms with Crippen LogP contribution < -0.4 is 11.3 Å². The van der Waals surface area contributed by atoms with E-state index in [9.17, 15) is 0 Å². The van der Waals surface area contributed by atoms with Crippen molar-refractivity contribution in [3.05, 3.63) is 11.6 Å². The van der Waals surface area contributed by atoms with Crippen LogP contribution in [0.5, 0.6) is 0 Å². The van der Waals surface area contributed by atoms with Crippen molar-refractivity contribution in [2.45, 2.75) is 83.1 Å². The van der Waals surface area contributed by atoms with Gasteiger partial charge in [0.05, 0.1) is 0 Å². The summed E-state index contributed by atoms with van der Waals surface area (Å²) in [6.45, 7) is 0. The van der Waals surface area contributed by atoms with E-state index < -0.39 is 0 Å². The summed E-state index contributed by atoms with van der Waals surface area (Å²) in [6.07, 6.45) is 19.4. The van der Waals surface area contributed by atoms with Gasteiger partial charge < -0.3 is 0 Å². The van der Waals surface area contributed by atoms with Crippen LogP contribution >= 0.6 is 0 Å². The molecule has 2 nitrogen and oxygen atoms in total. The van der Waals surface area contributed by atoms with Crippen molar-refractivity contribution in [2.75, 3.05) is 0 Å². The molecule has 3 N–H and O–H groups in total. The van der Waals surface area contributed by atoms with Crippen LogP contribution in [0.3, 0.4) is 0 Å². The summed E-state index contributed by atoms with van der Waals surface area (Å²) in [4.78, 5) is 0. The van der Waals surface area contributed by atoms with Crippen LogP contribution in [0.25, 0.3) is 0 Å². The van der Waals surface area contributed by atoms with Gasteiger partial charge in [0, 0.05) is 6.04 Å². The molecule has 2 heteroatoms. The average molecular weight is 276 g/mol. The standard InChI is InChI=1S/C18H32N2/c19-20-18(15-8-3-1-2-4-9-15)17-12-11-14-7-5-6-10-16(14)13-17/h8,14,16-18,20H,1-7,9-13,19H2. The molecule has 0 aliphatic heterocycles. The highest BCUT2D eigenvalue weighted by Crippen LogP contribution is 2.44. The Morgan fingerprint density at radius 1 is 0.950 bits per heavy atom. The first-order valence-corrected chi connectivity index (χ1v) is 9.03. The fourth-order valence-electron chi connectivity index (χ4n) is 5.08. The number of hydrogen-bond donors (Lipinski definition) is 2. The highest BCUT2D eigenvalue weighted by Gasteiger charge is 2.36. The highest BCUT2D eigenvalue weighted by molar-refractivity contribution is 5.14. The number of fused-ring (bicyclic) bond motifs is 1. The maximum atomic E-state index is 5.96. The van der Waals surface area contributed by atoms with Crippen molar-refractivity contribution in [2.24, 2.45) is 23.6 Å². The number of nitrogens with one attached hydrogen (secondary N) is 1. The van der Waals surface area contributed by atoms with Crippen LogP contribution in [0.15, 0.2) is 11.6 Å². The third kappa shape index (κ3) is 3.28. The summed E-state index contributed by atoms with van der Waals surface area (Å²) in [7, 11) is 0. The Morgan fingerprint density at radius 2 is 1.80 bits per heavy atom. The van der Waals surface area contributed by atoms with Gasteiger partial charge in [-0.1, -0.05) is 43.8 Å². The summed E-state index contributed by atoms with van der Waals surface area (Å²) in [5, 5.41) is 0. The molecule has 0 radical (unpaired) electrons. The van der Waals surface area contributed by atoms with Gasteiger partial charge in [-0.05, 0) is 62.7 Å². The second kappa shape index (κ2) is 7.09. The van der Waals surface area contributed by atoms with E-state index in [-0.39, 0.29) is 0 Å². The predicted molar refractivity (Wildman–Crippen MR) is 85.1 cm³/mol. The Kier molecular flexibility index (Phi) is 5.17. The van der Waals surface area contributed by atoms with Gasteiger partial charge in [0.25, 0.3) is 0 Å². The van der Waals surface area contributed by atoms with Crippen LogP contribution in [-0.2, 0) is 0 Å². The second-order valence-electron chi connectivity index (χ2n) is 7.40. The molecule has 20 heavy (non-hydrogen) atoms. The molecule has 0 heterocycles. The number of hydrazine groups is 1. The van der Waals surface area contributed by atoms with E-state index in [0.29, 0.717) is 6.04 Å². The first-order chi connectivity index (χ1) is 9.88. The van der Waals surface area contributed by atoms with Gasteiger partial charge in [-0.15, -0.1) is 0 Å². The zero-order valence-corrected chi connectivity index (χ0v) is 12.9. The van der Waals surface area contributed by atoms with Crippen molar-refractivity contribution in [3.8, 4) is 0 Å². The molecule has 3 aliphatic rings.